The van der Waals surface area contributed by atoms with E-state index in [1.807, 2.05) is 18.5 Å². The van der Waals surface area contributed by atoms with Crippen molar-refractivity contribution in [3.63, 3.8) is 0 Å². The molecule has 1 heterocycles. The third-order valence-electron chi connectivity index (χ3n) is 3.00. The van der Waals surface area contributed by atoms with Crippen molar-refractivity contribution in [1.29, 1.82) is 0 Å². The number of hydrogen-bond donors (Lipinski definition) is 0. The third-order valence-corrected chi connectivity index (χ3v) is 3.23. The van der Waals surface area contributed by atoms with Gasteiger partial charge in [-0.05, 0) is 47.8 Å². The van der Waals surface area contributed by atoms with E-state index < -0.39 is 0 Å². The Morgan fingerprint density at radius 2 is 1.94 bits per heavy atom. The van der Waals surface area contributed by atoms with E-state index in [0.717, 1.165) is 23.4 Å². The highest BCUT2D eigenvalue weighted by Crippen LogP contribution is 2.34. The molecule has 3 heteroatoms. The molecule has 0 atom stereocenters. The van der Waals surface area contributed by atoms with Crippen LogP contribution in [0.2, 0.25) is 5.02 Å². The minimum absolute atomic E-state index is 0.813. The molecule has 1 aromatic heterocycles. The van der Waals surface area contributed by atoms with Gasteiger partial charge in [0.1, 0.15) is 6.33 Å². The molecule has 0 amide bonds. The number of rotatable bonds is 1. The Morgan fingerprint density at radius 1 is 1.12 bits per heavy atom. The smallest absolute Gasteiger partial charge is 0.115 e. The quantitative estimate of drug-likeness (QED) is 0.763. The fourth-order valence-corrected chi connectivity index (χ4v) is 2.42. The van der Waals surface area contributed by atoms with Gasteiger partial charge in [-0.2, -0.15) is 0 Å². The molecule has 1 aliphatic carbocycles. The van der Waals surface area contributed by atoms with Crippen molar-refractivity contribution < 1.29 is 0 Å². The average Bonchev–Trinajstić information content (AvgIpc) is 2.73. The lowest BCUT2D eigenvalue weighted by atomic mass is 10.1. The summed E-state index contributed by atoms with van der Waals surface area (Å²) >= 11 is 5.99. The summed E-state index contributed by atoms with van der Waals surface area (Å²) in [5.41, 5.74) is 5.02. The van der Waals surface area contributed by atoms with Crippen LogP contribution in [0, 0.1) is 0 Å². The standard InChI is InChI=1S/C14H11ClN2/c15-13-3-4-14-11(1-2-12(14)6-13)5-10-7-16-9-17-8-10/h3-9H,1-2H2/b11-5+. The molecule has 3 rings (SSSR count). The molecule has 1 aromatic carbocycles. The van der Waals surface area contributed by atoms with Crippen LogP contribution in [0.3, 0.4) is 0 Å². The van der Waals surface area contributed by atoms with E-state index in [-0.39, 0.29) is 0 Å². The van der Waals surface area contributed by atoms with Crippen molar-refractivity contribution in [2.24, 2.45) is 0 Å². The number of aromatic nitrogens is 2. The highest BCUT2D eigenvalue weighted by atomic mass is 35.5. The Kier molecular flexibility index (Phi) is 2.65. The van der Waals surface area contributed by atoms with Crippen molar-refractivity contribution in [1.82, 2.24) is 9.97 Å². The third kappa shape index (κ3) is 2.08. The number of aryl methyl sites for hydroxylation is 1. The number of nitrogens with zero attached hydrogens (tertiary/aromatic N) is 2. The van der Waals surface area contributed by atoms with Gasteiger partial charge >= 0.3 is 0 Å². The maximum absolute atomic E-state index is 5.99. The Balaban J connectivity index is 2.02. The molecule has 0 N–H and O–H groups in total. The largest absolute Gasteiger partial charge is 0.244 e. The first-order chi connectivity index (χ1) is 8.33. The zero-order valence-electron chi connectivity index (χ0n) is 9.23. The number of allylic oxidation sites excluding steroid dienone is 1. The van der Waals surface area contributed by atoms with Crippen LogP contribution in [-0.4, -0.2) is 9.97 Å². The van der Waals surface area contributed by atoms with Gasteiger partial charge in [0.15, 0.2) is 0 Å². The average molecular weight is 243 g/mol. The number of fused-ring (bicyclic) bond motifs is 1. The van der Waals surface area contributed by atoms with Gasteiger partial charge in [-0.15, -0.1) is 0 Å². The molecule has 17 heavy (non-hydrogen) atoms. The molecular formula is C14H11ClN2. The van der Waals surface area contributed by atoms with Gasteiger partial charge in [0.05, 0.1) is 0 Å². The minimum Gasteiger partial charge on any atom is -0.244 e. The van der Waals surface area contributed by atoms with Crippen LogP contribution in [0.25, 0.3) is 11.6 Å². The molecule has 0 unspecified atom stereocenters. The number of halogens is 1. The van der Waals surface area contributed by atoms with Crippen molar-refractivity contribution >= 4 is 23.3 Å². The molecule has 0 radical (unpaired) electrons. The number of benzene rings is 1. The summed E-state index contributed by atoms with van der Waals surface area (Å²) in [4.78, 5) is 8.04. The lowest BCUT2D eigenvalue weighted by Gasteiger charge is -2.01. The summed E-state index contributed by atoms with van der Waals surface area (Å²) < 4.78 is 0. The Morgan fingerprint density at radius 3 is 2.76 bits per heavy atom. The van der Waals surface area contributed by atoms with Crippen LogP contribution in [0.5, 0.6) is 0 Å². The number of hydrogen-bond acceptors (Lipinski definition) is 2. The molecule has 84 valence electrons. The molecular weight excluding hydrogens is 232 g/mol. The lowest BCUT2D eigenvalue weighted by molar-refractivity contribution is 1.08. The maximum atomic E-state index is 5.99. The lowest BCUT2D eigenvalue weighted by Crippen LogP contribution is -1.82. The van der Waals surface area contributed by atoms with E-state index in [4.69, 9.17) is 11.6 Å². The first kappa shape index (κ1) is 10.5. The first-order valence-electron chi connectivity index (χ1n) is 5.57. The normalized spacial score (nSPS) is 16.2. The van der Waals surface area contributed by atoms with E-state index in [2.05, 4.69) is 28.2 Å². The summed E-state index contributed by atoms with van der Waals surface area (Å²) in [7, 11) is 0. The second kappa shape index (κ2) is 4.30. The maximum Gasteiger partial charge on any atom is 0.115 e. The van der Waals surface area contributed by atoms with Crippen LogP contribution >= 0.6 is 11.6 Å². The van der Waals surface area contributed by atoms with Gasteiger partial charge in [0.2, 0.25) is 0 Å². The predicted molar refractivity (Wildman–Crippen MR) is 69.7 cm³/mol. The van der Waals surface area contributed by atoms with Crippen molar-refractivity contribution in [2.45, 2.75) is 12.8 Å². The van der Waals surface area contributed by atoms with Gasteiger partial charge in [-0.3, -0.25) is 0 Å². The highest BCUT2D eigenvalue weighted by molar-refractivity contribution is 6.30. The molecule has 0 fully saturated rings. The summed E-state index contributed by atoms with van der Waals surface area (Å²) in [6.07, 6.45) is 9.48. The zero-order valence-corrected chi connectivity index (χ0v) is 9.98. The van der Waals surface area contributed by atoms with E-state index in [9.17, 15) is 0 Å². The second-order valence-electron chi connectivity index (χ2n) is 4.14. The van der Waals surface area contributed by atoms with Crippen LogP contribution in [0.15, 0.2) is 36.9 Å². The van der Waals surface area contributed by atoms with Crippen molar-refractivity contribution in [2.75, 3.05) is 0 Å². The molecule has 0 aliphatic heterocycles. The van der Waals surface area contributed by atoms with E-state index >= 15 is 0 Å². The molecule has 0 spiro atoms. The Bertz CT molecular complexity index is 576. The predicted octanol–water partition coefficient (Wildman–Crippen LogP) is 3.62. The van der Waals surface area contributed by atoms with Crippen LogP contribution < -0.4 is 0 Å². The van der Waals surface area contributed by atoms with Crippen LogP contribution in [0.4, 0.5) is 0 Å². The molecule has 0 saturated carbocycles. The molecule has 0 saturated heterocycles. The monoisotopic (exact) mass is 242 g/mol. The Hall–Kier alpha value is -1.67. The second-order valence-corrected chi connectivity index (χ2v) is 4.58. The van der Waals surface area contributed by atoms with Crippen LogP contribution in [0.1, 0.15) is 23.1 Å². The van der Waals surface area contributed by atoms with E-state index in [1.54, 1.807) is 6.33 Å². The van der Waals surface area contributed by atoms with E-state index in [0.29, 0.717) is 0 Å². The fourth-order valence-electron chi connectivity index (χ4n) is 2.22. The van der Waals surface area contributed by atoms with Gasteiger partial charge in [-0.25, -0.2) is 9.97 Å². The summed E-state index contributed by atoms with van der Waals surface area (Å²) in [6, 6.07) is 6.10. The summed E-state index contributed by atoms with van der Waals surface area (Å²) in [6.45, 7) is 0. The Labute approximate surface area is 105 Å². The van der Waals surface area contributed by atoms with Gasteiger partial charge in [0, 0.05) is 23.0 Å². The summed E-state index contributed by atoms with van der Waals surface area (Å²) in [5.74, 6) is 0. The van der Waals surface area contributed by atoms with E-state index in [1.165, 1.54) is 16.7 Å². The van der Waals surface area contributed by atoms with Crippen molar-refractivity contribution in [3.05, 3.63) is 58.6 Å². The highest BCUT2D eigenvalue weighted by Gasteiger charge is 2.15. The molecule has 1 aliphatic rings. The van der Waals surface area contributed by atoms with Gasteiger partial charge in [0.25, 0.3) is 0 Å². The van der Waals surface area contributed by atoms with Crippen LogP contribution in [-0.2, 0) is 6.42 Å². The molecule has 0 bridgehead atoms. The fraction of sp³-hybridized carbons (Fsp3) is 0.143. The zero-order chi connectivity index (χ0) is 11.7. The first-order valence-corrected chi connectivity index (χ1v) is 5.95. The molecule has 2 nitrogen and oxygen atoms in total. The van der Waals surface area contributed by atoms with Gasteiger partial charge in [-0.1, -0.05) is 17.7 Å². The summed E-state index contributed by atoms with van der Waals surface area (Å²) in [5, 5.41) is 0.813. The molecule has 2 aromatic rings. The minimum atomic E-state index is 0.813. The topological polar surface area (TPSA) is 25.8 Å². The SMILES string of the molecule is Clc1ccc2c(c1)CC/C2=C\c1cncnc1. The van der Waals surface area contributed by atoms with Gasteiger partial charge < -0.3 is 0 Å². The van der Waals surface area contributed by atoms with Crippen molar-refractivity contribution in [3.8, 4) is 0 Å².